The maximum atomic E-state index is 4.97. The van der Waals surface area contributed by atoms with Crippen LogP contribution in [0, 0.1) is 48.3 Å². The van der Waals surface area contributed by atoms with E-state index in [-0.39, 0.29) is 0 Å². The van der Waals surface area contributed by atoms with E-state index in [0.717, 1.165) is 11.8 Å². The van der Waals surface area contributed by atoms with Gasteiger partial charge in [-0.25, -0.2) is 0 Å². The van der Waals surface area contributed by atoms with Gasteiger partial charge in [-0.15, -0.1) is 0 Å². The predicted octanol–water partition coefficient (Wildman–Crippen LogP) is 4.89. The van der Waals surface area contributed by atoms with Crippen LogP contribution >= 0.6 is 27.9 Å². The van der Waals surface area contributed by atoms with Gasteiger partial charge in [-0.1, -0.05) is 13.8 Å². The Kier molecular flexibility index (Phi) is 4.63. The summed E-state index contributed by atoms with van der Waals surface area (Å²) in [5, 5.41) is 0. The number of halogens is 3. The molecule has 0 heterocycles. The first-order valence-corrected chi connectivity index (χ1v) is 12.0. The molecule has 0 aliphatic heterocycles. The Labute approximate surface area is 117 Å². The molecular weight excluding hydrogens is 298 g/mol. The van der Waals surface area contributed by atoms with Crippen molar-refractivity contribution in [2.45, 2.75) is 26.7 Å². The number of hydrogen-bond donors (Lipinski definition) is 0. The average molecular weight is 313 g/mol. The maximum absolute atomic E-state index is 4.97. The Balaban J connectivity index is 0.000000212. The van der Waals surface area contributed by atoms with Crippen molar-refractivity contribution in [3.8, 4) is 0 Å². The number of hydrogen-bond acceptors (Lipinski definition) is 0. The molecule has 2 bridgehead atoms. The zero-order chi connectivity index (χ0) is 11.9. The quantitative estimate of drug-likeness (QED) is 0.558. The summed E-state index contributed by atoms with van der Waals surface area (Å²) in [5.74, 6) is 5.14. The SMILES string of the molecule is CC1(C)C2C[C]3[CH][CH][CH][C]3C1C2.[Cl][Ti]([Cl])[Cl]. The minimum atomic E-state index is -1.92. The van der Waals surface area contributed by atoms with Gasteiger partial charge in [-0.3, -0.25) is 0 Å². The molecule has 16 heavy (non-hydrogen) atoms. The predicted molar refractivity (Wildman–Crippen MR) is 66.9 cm³/mol. The summed E-state index contributed by atoms with van der Waals surface area (Å²) in [6.07, 6.45) is 9.65. The van der Waals surface area contributed by atoms with E-state index in [1.165, 1.54) is 12.8 Å². The van der Waals surface area contributed by atoms with Crippen molar-refractivity contribution in [3.05, 3.63) is 31.1 Å². The van der Waals surface area contributed by atoms with Crippen LogP contribution in [0.2, 0.25) is 0 Å². The zero-order valence-electron chi connectivity index (χ0n) is 9.43. The molecule has 4 aliphatic rings. The van der Waals surface area contributed by atoms with Gasteiger partial charge in [0.15, 0.2) is 0 Å². The topological polar surface area (TPSA) is 0 Å². The minimum absolute atomic E-state index is 0.599. The van der Waals surface area contributed by atoms with Crippen LogP contribution < -0.4 is 0 Å². The van der Waals surface area contributed by atoms with E-state index in [1.54, 1.807) is 11.8 Å². The Morgan fingerprint density at radius 1 is 1.25 bits per heavy atom. The molecule has 0 amide bonds. The van der Waals surface area contributed by atoms with Gasteiger partial charge in [0.25, 0.3) is 0 Å². The van der Waals surface area contributed by atoms with Crippen LogP contribution in [0.15, 0.2) is 0 Å². The first-order chi connectivity index (χ1) is 7.43. The Morgan fingerprint density at radius 3 is 2.44 bits per heavy atom. The second-order valence-electron chi connectivity index (χ2n) is 5.23. The molecule has 4 rings (SSSR count). The molecule has 4 fully saturated rings. The van der Waals surface area contributed by atoms with E-state index in [2.05, 4.69) is 33.1 Å². The first-order valence-electron chi connectivity index (χ1n) is 5.51. The normalized spacial score (nSPS) is 35.8. The zero-order valence-corrected chi connectivity index (χ0v) is 13.3. The molecule has 4 saturated carbocycles. The molecule has 4 aliphatic carbocycles. The van der Waals surface area contributed by atoms with E-state index in [1.807, 2.05) is 0 Å². The molecule has 0 aromatic heterocycles. The van der Waals surface area contributed by atoms with Crippen LogP contribution in [0.3, 0.4) is 0 Å². The van der Waals surface area contributed by atoms with Crippen LogP contribution in [0.1, 0.15) is 26.7 Å². The summed E-state index contributed by atoms with van der Waals surface area (Å²) in [5.41, 5.74) is 0.599. The summed E-state index contributed by atoms with van der Waals surface area (Å²) in [4.78, 5) is 0. The fourth-order valence-corrected chi connectivity index (χ4v) is 3.15. The summed E-state index contributed by atoms with van der Waals surface area (Å²) in [6.45, 7) is 4.86. The molecule has 0 nitrogen and oxygen atoms in total. The van der Waals surface area contributed by atoms with E-state index in [4.69, 9.17) is 27.9 Å². The van der Waals surface area contributed by atoms with Crippen molar-refractivity contribution < 1.29 is 14.7 Å². The molecule has 5 radical (unpaired) electrons. The van der Waals surface area contributed by atoms with E-state index in [0.29, 0.717) is 5.41 Å². The summed E-state index contributed by atoms with van der Waals surface area (Å²) >= 11 is -1.92. The molecule has 0 aromatic carbocycles. The summed E-state index contributed by atoms with van der Waals surface area (Å²) in [6, 6.07) is 0. The molecule has 2 atom stereocenters. The fourth-order valence-electron chi connectivity index (χ4n) is 3.15. The Bertz CT molecular complexity index is 252. The van der Waals surface area contributed by atoms with Gasteiger partial charge in [0.2, 0.25) is 0 Å². The van der Waals surface area contributed by atoms with Crippen molar-refractivity contribution in [2.75, 3.05) is 0 Å². The van der Waals surface area contributed by atoms with Crippen molar-refractivity contribution in [1.29, 1.82) is 0 Å². The van der Waals surface area contributed by atoms with Crippen LogP contribution in [0.5, 0.6) is 0 Å². The third-order valence-corrected chi connectivity index (χ3v) is 4.26. The van der Waals surface area contributed by atoms with Crippen LogP contribution in [0.25, 0.3) is 0 Å². The standard InChI is InChI=1S/C12H15.3ClH.Ti/c1-12(2)9-6-8-4-3-5-10(8)11(12)7-9;;;;/h3-5,9,11H,6-7H2,1-2H3;3*1H;/q;;;;+3/p-3. The molecular formula is C12H15Cl3Ti. The van der Waals surface area contributed by atoms with Gasteiger partial charge in [-0.05, 0) is 61.2 Å². The Morgan fingerprint density at radius 2 is 1.88 bits per heavy atom. The second-order valence-corrected chi connectivity index (χ2v) is 13.0. The molecule has 2 unspecified atom stereocenters. The molecule has 0 spiro atoms. The van der Waals surface area contributed by atoms with Crippen LogP contribution in [-0.2, 0) is 14.7 Å². The third-order valence-electron chi connectivity index (χ3n) is 4.26. The molecule has 0 saturated heterocycles. The average Bonchev–Trinajstić information content (AvgIpc) is 2.63. The van der Waals surface area contributed by atoms with Gasteiger partial charge < -0.3 is 0 Å². The van der Waals surface area contributed by atoms with Gasteiger partial charge in [0, 0.05) is 0 Å². The number of rotatable bonds is 0. The summed E-state index contributed by atoms with van der Waals surface area (Å²) in [7, 11) is 14.9. The second kappa shape index (κ2) is 5.29. The molecule has 4 heteroatoms. The van der Waals surface area contributed by atoms with Crippen LogP contribution in [0.4, 0.5) is 0 Å². The van der Waals surface area contributed by atoms with Crippen molar-refractivity contribution in [1.82, 2.24) is 0 Å². The summed E-state index contributed by atoms with van der Waals surface area (Å²) < 4.78 is 0. The van der Waals surface area contributed by atoms with Gasteiger partial charge in [-0.2, -0.15) is 0 Å². The monoisotopic (exact) mass is 312 g/mol. The van der Waals surface area contributed by atoms with E-state index >= 15 is 0 Å². The van der Waals surface area contributed by atoms with Gasteiger partial charge in [0.1, 0.15) is 0 Å². The Hall–Kier alpha value is 1.58. The third kappa shape index (κ3) is 2.62. The molecule has 0 N–H and O–H groups in total. The van der Waals surface area contributed by atoms with Crippen molar-refractivity contribution in [2.24, 2.45) is 17.3 Å². The van der Waals surface area contributed by atoms with Gasteiger partial charge in [0.05, 0.1) is 0 Å². The first kappa shape index (κ1) is 14.0. The van der Waals surface area contributed by atoms with E-state index in [9.17, 15) is 0 Å². The van der Waals surface area contributed by atoms with Crippen molar-refractivity contribution >= 4 is 27.9 Å². The molecule has 88 valence electrons. The molecule has 0 aromatic rings. The van der Waals surface area contributed by atoms with E-state index < -0.39 is 14.7 Å². The van der Waals surface area contributed by atoms with Gasteiger partial charge >= 0.3 is 42.6 Å². The fraction of sp³-hybridized carbons (Fsp3) is 0.583. The van der Waals surface area contributed by atoms with Crippen molar-refractivity contribution in [3.63, 3.8) is 0 Å². The van der Waals surface area contributed by atoms with Crippen LogP contribution in [-0.4, -0.2) is 0 Å².